The summed E-state index contributed by atoms with van der Waals surface area (Å²) in [7, 11) is 0. The number of benzene rings is 1. The van der Waals surface area contributed by atoms with Crippen LogP contribution in [0.4, 0.5) is 5.82 Å². The summed E-state index contributed by atoms with van der Waals surface area (Å²) in [6.07, 6.45) is 2.87. The molecule has 3 heterocycles. The van der Waals surface area contributed by atoms with E-state index in [4.69, 9.17) is 4.74 Å². The van der Waals surface area contributed by atoms with Gasteiger partial charge in [0.1, 0.15) is 11.3 Å². The van der Waals surface area contributed by atoms with E-state index in [1.807, 2.05) is 6.20 Å². The van der Waals surface area contributed by atoms with Crippen molar-refractivity contribution in [2.45, 2.75) is 13.3 Å². The Morgan fingerprint density at radius 1 is 1.16 bits per heavy atom. The van der Waals surface area contributed by atoms with Gasteiger partial charge in [-0.15, -0.1) is 0 Å². The number of ether oxygens (including phenoxy) is 1. The molecule has 1 saturated heterocycles. The highest BCUT2D eigenvalue weighted by molar-refractivity contribution is 9.10. The number of fused-ring (bicyclic) bond motifs is 1. The third-order valence-electron chi connectivity index (χ3n) is 4.68. The molecular weight excluding hydrogens is 382 g/mol. The van der Waals surface area contributed by atoms with Crippen LogP contribution < -0.4 is 10.3 Å². The monoisotopic (exact) mass is 401 g/mol. The van der Waals surface area contributed by atoms with Crippen LogP contribution >= 0.6 is 15.9 Å². The molecule has 0 bridgehead atoms. The summed E-state index contributed by atoms with van der Waals surface area (Å²) in [5, 5.41) is 0. The molecule has 6 heteroatoms. The molecule has 0 radical (unpaired) electrons. The zero-order valence-corrected chi connectivity index (χ0v) is 15.6. The van der Waals surface area contributed by atoms with Crippen LogP contribution in [0.15, 0.2) is 39.7 Å². The van der Waals surface area contributed by atoms with E-state index in [1.165, 1.54) is 5.56 Å². The highest BCUT2D eigenvalue weighted by Crippen LogP contribution is 2.30. The van der Waals surface area contributed by atoms with Crippen molar-refractivity contribution in [3.8, 4) is 11.1 Å². The molecule has 0 spiro atoms. The number of anilines is 1. The van der Waals surface area contributed by atoms with E-state index in [9.17, 15) is 4.79 Å². The fraction of sp³-hybridized carbons (Fsp3) is 0.316. The zero-order valence-electron chi connectivity index (χ0n) is 14.1. The number of H-pyrrole nitrogens is 2. The largest absolute Gasteiger partial charge is 0.378 e. The fourth-order valence-corrected chi connectivity index (χ4v) is 3.86. The molecule has 130 valence electrons. The minimum absolute atomic E-state index is 0.00667. The van der Waals surface area contributed by atoms with Gasteiger partial charge in [-0.1, -0.05) is 28.9 Å². The molecule has 2 aromatic heterocycles. The van der Waals surface area contributed by atoms with Gasteiger partial charge in [0, 0.05) is 35.4 Å². The van der Waals surface area contributed by atoms with Gasteiger partial charge in [-0.25, -0.2) is 0 Å². The van der Waals surface area contributed by atoms with E-state index in [0.717, 1.165) is 46.4 Å². The van der Waals surface area contributed by atoms with Crippen molar-refractivity contribution in [1.29, 1.82) is 0 Å². The van der Waals surface area contributed by atoms with Gasteiger partial charge >= 0.3 is 0 Å². The van der Waals surface area contributed by atoms with Crippen molar-refractivity contribution in [2.24, 2.45) is 0 Å². The fourth-order valence-electron chi connectivity index (χ4n) is 3.32. The van der Waals surface area contributed by atoms with E-state index in [0.29, 0.717) is 18.7 Å². The van der Waals surface area contributed by atoms with Crippen LogP contribution in [0.5, 0.6) is 0 Å². The van der Waals surface area contributed by atoms with Crippen molar-refractivity contribution in [2.75, 3.05) is 31.2 Å². The molecule has 3 aromatic rings. The predicted octanol–water partition coefficient (Wildman–Crippen LogP) is 3.68. The molecule has 1 aliphatic heterocycles. The predicted molar refractivity (Wildman–Crippen MR) is 104 cm³/mol. The zero-order chi connectivity index (χ0) is 17.4. The maximum atomic E-state index is 12.6. The number of hydrogen-bond donors (Lipinski definition) is 2. The highest BCUT2D eigenvalue weighted by Gasteiger charge is 2.16. The van der Waals surface area contributed by atoms with Gasteiger partial charge in [-0.3, -0.25) is 4.79 Å². The van der Waals surface area contributed by atoms with E-state index in [1.54, 1.807) is 6.07 Å². The number of halogens is 1. The summed E-state index contributed by atoms with van der Waals surface area (Å²) in [4.78, 5) is 21.3. The second-order valence-corrected chi connectivity index (χ2v) is 7.19. The molecule has 2 N–H and O–H groups in total. The van der Waals surface area contributed by atoms with Gasteiger partial charge in [0.2, 0.25) is 5.43 Å². The second kappa shape index (κ2) is 6.69. The average Bonchev–Trinajstić information content (AvgIpc) is 3.06. The summed E-state index contributed by atoms with van der Waals surface area (Å²) in [6.45, 7) is 5.09. The molecule has 0 aliphatic carbocycles. The quantitative estimate of drug-likeness (QED) is 0.703. The van der Waals surface area contributed by atoms with Gasteiger partial charge < -0.3 is 19.6 Å². The first-order chi connectivity index (χ1) is 12.2. The molecule has 1 aliphatic rings. The normalized spacial score (nSPS) is 15.0. The summed E-state index contributed by atoms with van der Waals surface area (Å²) in [5.41, 5.74) is 4.84. The van der Waals surface area contributed by atoms with Gasteiger partial charge in [-0.05, 0) is 29.7 Å². The van der Waals surface area contributed by atoms with Gasteiger partial charge in [0.25, 0.3) is 0 Å². The molecule has 0 unspecified atom stereocenters. The Labute approximate surface area is 154 Å². The number of nitrogens with zero attached hydrogens (tertiary/aromatic N) is 1. The Hall–Kier alpha value is -2.05. The summed E-state index contributed by atoms with van der Waals surface area (Å²) in [6, 6.07) is 8.06. The summed E-state index contributed by atoms with van der Waals surface area (Å²) < 4.78 is 6.45. The van der Waals surface area contributed by atoms with Gasteiger partial charge in [0.15, 0.2) is 0 Å². The standard InChI is InChI=1S/C19H20BrN3O2/c1-2-12-7-13(9-14(20)8-12)15-11-21-19-16(24)10-17(22-18(15)19)23-3-5-25-6-4-23/h7-11,21H,2-6H2,1H3,(H,22,24). The minimum Gasteiger partial charge on any atom is -0.378 e. The van der Waals surface area contributed by atoms with E-state index < -0.39 is 0 Å². The van der Waals surface area contributed by atoms with Crippen molar-refractivity contribution in [3.63, 3.8) is 0 Å². The molecule has 0 saturated carbocycles. The molecule has 0 atom stereocenters. The molecular formula is C19H20BrN3O2. The number of aromatic nitrogens is 2. The molecule has 0 amide bonds. The van der Waals surface area contributed by atoms with Crippen molar-refractivity contribution in [3.05, 3.63) is 50.7 Å². The third kappa shape index (κ3) is 3.12. The summed E-state index contributed by atoms with van der Waals surface area (Å²) in [5.74, 6) is 0.854. The Morgan fingerprint density at radius 2 is 1.96 bits per heavy atom. The Bertz CT molecular complexity index is 970. The Balaban J connectivity index is 1.86. The highest BCUT2D eigenvalue weighted by atomic mass is 79.9. The number of pyridine rings is 1. The number of hydrogen-bond acceptors (Lipinski definition) is 3. The molecule has 25 heavy (non-hydrogen) atoms. The van der Waals surface area contributed by atoms with Gasteiger partial charge in [0.05, 0.1) is 18.7 Å². The lowest BCUT2D eigenvalue weighted by atomic mass is 10.0. The van der Waals surface area contributed by atoms with Crippen LogP contribution in [-0.4, -0.2) is 36.3 Å². The first kappa shape index (κ1) is 16.4. The number of rotatable bonds is 3. The summed E-state index contributed by atoms with van der Waals surface area (Å²) >= 11 is 3.59. The maximum Gasteiger partial charge on any atom is 0.207 e. The lowest BCUT2D eigenvalue weighted by molar-refractivity contribution is 0.122. The van der Waals surface area contributed by atoms with Crippen molar-refractivity contribution in [1.82, 2.24) is 9.97 Å². The molecule has 5 nitrogen and oxygen atoms in total. The second-order valence-electron chi connectivity index (χ2n) is 6.27. The molecule has 1 fully saturated rings. The van der Waals surface area contributed by atoms with Crippen molar-refractivity contribution >= 4 is 32.8 Å². The van der Waals surface area contributed by atoms with Crippen molar-refractivity contribution < 1.29 is 4.74 Å². The number of nitrogens with one attached hydrogen (secondary N) is 2. The maximum absolute atomic E-state index is 12.6. The lowest BCUT2D eigenvalue weighted by Gasteiger charge is -2.28. The topological polar surface area (TPSA) is 61.1 Å². The first-order valence-electron chi connectivity index (χ1n) is 8.52. The van der Waals surface area contributed by atoms with Crippen LogP contribution in [0.25, 0.3) is 22.2 Å². The van der Waals surface area contributed by atoms with E-state index >= 15 is 0 Å². The third-order valence-corrected chi connectivity index (χ3v) is 5.13. The van der Waals surface area contributed by atoms with Crippen LogP contribution in [0.1, 0.15) is 12.5 Å². The molecule has 1 aromatic carbocycles. The minimum atomic E-state index is 0.00667. The lowest BCUT2D eigenvalue weighted by Crippen LogP contribution is -2.37. The SMILES string of the molecule is CCc1cc(Br)cc(-c2c[nH]c3c(=O)cc(N4CCOCC4)[nH]c23)c1. The van der Waals surface area contributed by atoms with Crippen LogP contribution in [0, 0.1) is 0 Å². The Kier molecular flexibility index (Phi) is 4.39. The molecule has 4 rings (SSSR count). The van der Waals surface area contributed by atoms with Gasteiger partial charge in [-0.2, -0.15) is 0 Å². The van der Waals surface area contributed by atoms with Crippen LogP contribution in [0.2, 0.25) is 0 Å². The van der Waals surface area contributed by atoms with Crippen LogP contribution in [0.3, 0.4) is 0 Å². The van der Waals surface area contributed by atoms with Crippen LogP contribution in [-0.2, 0) is 11.2 Å². The number of aryl methyl sites for hydroxylation is 1. The number of morpholine rings is 1. The Morgan fingerprint density at radius 3 is 2.72 bits per heavy atom. The first-order valence-corrected chi connectivity index (χ1v) is 9.32. The van der Waals surface area contributed by atoms with E-state index in [-0.39, 0.29) is 5.43 Å². The number of aromatic amines is 2. The average molecular weight is 402 g/mol. The van der Waals surface area contributed by atoms with E-state index in [2.05, 4.69) is 55.9 Å². The smallest absolute Gasteiger partial charge is 0.207 e.